The van der Waals surface area contributed by atoms with Crippen LogP contribution in [0.4, 0.5) is 0 Å². The second-order valence-corrected chi connectivity index (χ2v) is 5.30. The molecule has 2 aliphatic heterocycles. The lowest BCUT2D eigenvalue weighted by Gasteiger charge is -2.36. The number of aliphatic hydroxyl groups excluding tert-OH is 1. The number of ether oxygens (including phenoxy) is 1. The second kappa shape index (κ2) is 5.99. The van der Waals surface area contributed by atoms with Gasteiger partial charge < -0.3 is 9.84 Å². The third-order valence-electron chi connectivity index (χ3n) is 3.97. The predicted molar refractivity (Wildman–Crippen MR) is 64.5 cm³/mol. The summed E-state index contributed by atoms with van der Waals surface area (Å²) in [7, 11) is 0. The fourth-order valence-corrected chi connectivity index (χ4v) is 3.06. The highest BCUT2D eigenvalue weighted by Crippen LogP contribution is 2.24. The normalized spacial score (nSPS) is 36.8. The Bertz CT molecular complexity index is 208. The Morgan fingerprint density at radius 3 is 2.81 bits per heavy atom. The molecule has 0 aromatic carbocycles. The van der Waals surface area contributed by atoms with Crippen LogP contribution in [-0.2, 0) is 4.74 Å². The van der Waals surface area contributed by atoms with Crippen LogP contribution >= 0.6 is 0 Å². The molecule has 16 heavy (non-hydrogen) atoms. The molecule has 1 N–H and O–H groups in total. The van der Waals surface area contributed by atoms with Gasteiger partial charge in [0, 0.05) is 19.2 Å². The Hall–Kier alpha value is -0.120. The van der Waals surface area contributed by atoms with Gasteiger partial charge in [-0.1, -0.05) is 6.42 Å². The standard InChI is InChI=1S/C13H25NO2/c1-11-5-6-13(16-11)10-14-8-3-2-4-12(14)7-9-15/h11-13,15H,2-10H2,1H3. The van der Waals surface area contributed by atoms with Crippen LogP contribution in [0, 0.1) is 0 Å². The monoisotopic (exact) mass is 227 g/mol. The van der Waals surface area contributed by atoms with Gasteiger partial charge in [0.25, 0.3) is 0 Å². The molecule has 0 radical (unpaired) electrons. The first-order valence-corrected chi connectivity index (χ1v) is 6.80. The second-order valence-electron chi connectivity index (χ2n) is 5.30. The van der Waals surface area contributed by atoms with E-state index in [0.717, 1.165) is 13.0 Å². The molecule has 2 heterocycles. The summed E-state index contributed by atoms with van der Waals surface area (Å²) in [6.45, 7) is 4.76. The third kappa shape index (κ3) is 3.19. The van der Waals surface area contributed by atoms with Crippen LogP contribution in [0.25, 0.3) is 0 Å². The average molecular weight is 227 g/mol. The van der Waals surface area contributed by atoms with Crippen LogP contribution in [0.15, 0.2) is 0 Å². The fraction of sp³-hybridized carbons (Fsp3) is 1.00. The number of hydrogen-bond acceptors (Lipinski definition) is 3. The maximum atomic E-state index is 9.08. The first kappa shape index (κ1) is 12.3. The molecule has 3 nitrogen and oxygen atoms in total. The molecule has 2 rings (SSSR count). The zero-order valence-corrected chi connectivity index (χ0v) is 10.4. The minimum atomic E-state index is 0.323. The van der Waals surface area contributed by atoms with Crippen molar-refractivity contribution in [3.05, 3.63) is 0 Å². The van der Waals surface area contributed by atoms with Crippen molar-refractivity contribution in [3.8, 4) is 0 Å². The van der Waals surface area contributed by atoms with Crippen molar-refractivity contribution < 1.29 is 9.84 Å². The van der Waals surface area contributed by atoms with E-state index < -0.39 is 0 Å². The lowest BCUT2D eigenvalue weighted by Crippen LogP contribution is -2.44. The van der Waals surface area contributed by atoms with Gasteiger partial charge in [-0.15, -0.1) is 0 Å². The third-order valence-corrected chi connectivity index (χ3v) is 3.97. The summed E-state index contributed by atoms with van der Waals surface area (Å²) in [5, 5.41) is 9.08. The van der Waals surface area contributed by atoms with Crippen molar-refractivity contribution in [2.45, 2.75) is 63.7 Å². The lowest BCUT2D eigenvalue weighted by molar-refractivity contribution is 0.00983. The molecule has 2 fully saturated rings. The molecule has 0 aliphatic carbocycles. The molecule has 0 aromatic heterocycles. The van der Waals surface area contributed by atoms with Gasteiger partial charge in [-0.2, -0.15) is 0 Å². The van der Waals surface area contributed by atoms with Crippen LogP contribution in [0.3, 0.4) is 0 Å². The number of aliphatic hydroxyl groups is 1. The zero-order chi connectivity index (χ0) is 11.4. The van der Waals surface area contributed by atoms with Gasteiger partial charge in [0.2, 0.25) is 0 Å². The van der Waals surface area contributed by atoms with Crippen molar-refractivity contribution in [1.82, 2.24) is 4.90 Å². The van der Waals surface area contributed by atoms with Gasteiger partial charge in [0.15, 0.2) is 0 Å². The van der Waals surface area contributed by atoms with Gasteiger partial charge in [-0.05, 0) is 45.6 Å². The first-order chi connectivity index (χ1) is 7.79. The van der Waals surface area contributed by atoms with Gasteiger partial charge in [0.1, 0.15) is 0 Å². The van der Waals surface area contributed by atoms with Crippen LogP contribution < -0.4 is 0 Å². The van der Waals surface area contributed by atoms with E-state index in [1.54, 1.807) is 0 Å². The quantitative estimate of drug-likeness (QED) is 0.795. The smallest absolute Gasteiger partial charge is 0.0706 e. The molecule has 3 heteroatoms. The Kier molecular flexibility index (Phi) is 4.62. The van der Waals surface area contributed by atoms with E-state index >= 15 is 0 Å². The fourth-order valence-electron chi connectivity index (χ4n) is 3.06. The Balaban J connectivity index is 1.81. The lowest BCUT2D eigenvalue weighted by atomic mass is 9.99. The summed E-state index contributed by atoms with van der Waals surface area (Å²) in [5.41, 5.74) is 0. The van der Waals surface area contributed by atoms with E-state index in [9.17, 15) is 0 Å². The van der Waals surface area contributed by atoms with Crippen LogP contribution in [0.1, 0.15) is 45.4 Å². The molecule has 0 saturated carbocycles. The molecule has 3 unspecified atom stereocenters. The van der Waals surface area contributed by atoms with E-state index in [4.69, 9.17) is 9.84 Å². The van der Waals surface area contributed by atoms with Crippen molar-refractivity contribution >= 4 is 0 Å². The van der Waals surface area contributed by atoms with Gasteiger partial charge in [-0.3, -0.25) is 4.90 Å². The minimum Gasteiger partial charge on any atom is -0.396 e. The Morgan fingerprint density at radius 2 is 2.12 bits per heavy atom. The van der Waals surface area contributed by atoms with E-state index in [2.05, 4.69) is 11.8 Å². The summed E-state index contributed by atoms with van der Waals surface area (Å²) in [5.74, 6) is 0. The highest BCUT2D eigenvalue weighted by Gasteiger charge is 2.28. The van der Waals surface area contributed by atoms with Gasteiger partial charge in [0.05, 0.1) is 12.2 Å². The number of nitrogens with zero attached hydrogens (tertiary/aromatic N) is 1. The molecule has 2 aliphatic rings. The molecule has 94 valence electrons. The Labute approximate surface area is 98.8 Å². The Morgan fingerprint density at radius 1 is 1.25 bits per heavy atom. The topological polar surface area (TPSA) is 32.7 Å². The number of piperidine rings is 1. The molecule has 2 saturated heterocycles. The molecular weight excluding hydrogens is 202 g/mol. The summed E-state index contributed by atoms with van der Waals surface area (Å²) < 4.78 is 5.89. The van der Waals surface area contributed by atoms with Crippen LogP contribution in [0.2, 0.25) is 0 Å². The number of likely N-dealkylation sites (tertiary alicyclic amines) is 1. The van der Waals surface area contributed by atoms with E-state index in [1.165, 1.54) is 38.6 Å². The maximum absolute atomic E-state index is 9.08. The van der Waals surface area contributed by atoms with Crippen LogP contribution in [-0.4, -0.2) is 48.0 Å². The average Bonchev–Trinajstić information content (AvgIpc) is 2.67. The van der Waals surface area contributed by atoms with Crippen molar-refractivity contribution in [2.24, 2.45) is 0 Å². The van der Waals surface area contributed by atoms with Crippen molar-refractivity contribution in [1.29, 1.82) is 0 Å². The zero-order valence-electron chi connectivity index (χ0n) is 10.4. The molecule has 0 bridgehead atoms. The highest BCUT2D eigenvalue weighted by molar-refractivity contribution is 4.81. The molecular formula is C13H25NO2. The predicted octanol–water partition coefficient (Wildman–Crippen LogP) is 1.79. The summed E-state index contributed by atoms with van der Waals surface area (Å²) in [6.07, 6.45) is 8.13. The first-order valence-electron chi connectivity index (χ1n) is 6.80. The van der Waals surface area contributed by atoms with E-state index in [1.807, 2.05) is 0 Å². The molecule has 0 amide bonds. The number of hydrogen-bond donors (Lipinski definition) is 1. The van der Waals surface area contributed by atoms with Gasteiger partial charge >= 0.3 is 0 Å². The van der Waals surface area contributed by atoms with E-state index in [0.29, 0.717) is 24.9 Å². The van der Waals surface area contributed by atoms with E-state index in [-0.39, 0.29) is 0 Å². The summed E-state index contributed by atoms with van der Waals surface area (Å²) in [6, 6.07) is 0.596. The molecule has 0 aromatic rings. The summed E-state index contributed by atoms with van der Waals surface area (Å²) in [4.78, 5) is 2.54. The van der Waals surface area contributed by atoms with Crippen molar-refractivity contribution in [2.75, 3.05) is 19.7 Å². The molecule has 3 atom stereocenters. The molecule has 0 spiro atoms. The highest BCUT2D eigenvalue weighted by atomic mass is 16.5. The minimum absolute atomic E-state index is 0.323. The largest absolute Gasteiger partial charge is 0.396 e. The maximum Gasteiger partial charge on any atom is 0.0706 e. The summed E-state index contributed by atoms with van der Waals surface area (Å²) >= 11 is 0. The van der Waals surface area contributed by atoms with Crippen molar-refractivity contribution in [3.63, 3.8) is 0 Å². The van der Waals surface area contributed by atoms with Crippen LogP contribution in [0.5, 0.6) is 0 Å². The SMILES string of the molecule is CC1CCC(CN2CCCCC2CCO)O1. The number of rotatable bonds is 4. The van der Waals surface area contributed by atoms with Gasteiger partial charge in [-0.25, -0.2) is 0 Å².